The fraction of sp³-hybridized carbons (Fsp3) is 0.227. The third-order valence-electron chi connectivity index (χ3n) is 3.81. The topological polar surface area (TPSA) is 28.7 Å². The third-order valence-corrected chi connectivity index (χ3v) is 5.02. The molecule has 0 amide bonds. The number of aromatic nitrogens is 2. The van der Waals surface area contributed by atoms with E-state index in [1.807, 2.05) is 70.2 Å². The van der Waals surface area contributed by atoms with E-state index < -0.39 is 0 Å². The van der Waals surface area contributed by atoms with Crippen LogP contribution in [-0.4, -0.2) is 9.97 Å². The lowest BCUT2D eigenvalue weighted by Crippen LogP contribution is -1.79. The monoisotopic (exact) mass is 368 g/mol. The van der Waals surface area contributed by atoms with E-state index in [1.165, 1.54) is 17.4 Å². The van der Waals surface area contributed by atoms with Crippen LogP contribution in [0.2, 0.25) is 0 Å². The molecule has 0 bridgehead atoms. The number of benzene rings is 1. The minimum atomic E-state index is -0.202. The highest BCUT2D eigenvalue weighted by Gasteiger charge is 2.13. The highest BCUT2D eigenvalue weighted by Crippen LogP contribution is 2.34. The number of hydrogen-bond donors (Lipinski definition) is 1. The number of rotatable bonds is 4. The second-order valence-corrected chi connectivity index (χ2v) is 6.65. The maximum atomic E-state index is 14.0. The van der Waals surface area contributed by atoms with Gasteiger partial charge in [-0.25, -0.2) is 9.37 Å². The van der Waals surface area contributed by atoms with Gasteiger partial charge in [0.15, 0.2) is 0 Å². The molecule has 0 aliphatic rings. The van der Waals surface area contributed by atoms with Gasteiger partial charge in [-0.3, -0.25) is 0 Å². The van der Waals surface area contributed by atoms with Gasteiger partial charge in [-0.2, -0.15) is 0 Å². The first-order chi connectivity index (χ1) is 12.6. The zero-order valence-corrected chi connectivity index (χ0v) is 16.7. The predicted octanol–water partition coefficient (Wildman–Crippen LogP) is 7.42. The van der Waals surface area contributed by atoms with Crippen LogP contribution in [0.1, 0.15) is 38.3 Å². The number of H-pyrrole nitrogens is 1. The van der Waals surface area contributed by atoms with E-state index >= 15 is 0 Å². The Kier molecular flexibility index (Phi) is 7.10. The van der Waals surface area contributed by atoms with Crippen molar-refractivity contribution < 1.29 is 4.39 Å². The number of aryl methyl sites for hydroxylation is 1. The van der Waals surface area contributed by atoms with Gasteiger partial charge in [0.25, 0.3) is 0 Å². The van der Waals surface area contributed by atoms with Gasteiger partial charge in [-0.05, 0) is 39.0 Å². The van der Waals surface area contributed by atoms with Crippen molar-refractivity contribution in [2.24, 2.45) is 0 Å². The lowest BCUT2D eigenvalue weighted by atomic mass is 10.1. The van der Waals surface area contributed by atoms with E-state index in [-0.39, 0.29) is 5.83 Å². The Morgan fingerprint density at radius 2 is 1.81 bits per heavy atom. The molecule has 2 nitrogen and oxygen atoms in total. The van der Waals surface area contributed by atoms with Gasteiger partial charge in [-0.1, -0.05) is 50.3 Å². The molecule has 0 saturated heterocycles. The van der Waals surface area contributed by atoms with Crippen LogP contribution < -0.4 is 0 Å². The summed E-state index contributed by atoms with van der Waals surface area (Å²) < 4.78 is 14.0. The lowest BCUT2D eigenvalue weighted by molar-refractivity contribution is 0.669. The van der Waals surface area contributed by atoms with Crippen molar-refractivity contribution in [2.45, 2.75) is 34.6 Å². The number of imidazole rings is 1. The minimum Gasteiger partial charge on any atom is -0.341 e. The summed E-state index contributed by atoms with van der Waals surface area (Å²) in [5.74, 6) is 0.619. The van der Waals surface area contributed by atoms with Gasteiger partial charge >= 0.3 is 0 Å². The quantitative estimate of drug-likeness (QED) is 0.477. The molecule has 1 N–H and O–H groups in total. The Hall–Kier alpha value is -2.46. The molecule has 3 rings (SSSR count). The van der Waals surface area contributed by atoms with Crippen molar-refractivity contribution in [3.63, 3.8) is 0 Å². The Labute approximate surface area is 159 Å². The second kappa shape index (κ2) is 9.30. The van der Waals surface area contributed by atoms with Gasteiger partial charge in [0.2, 0.25) is 0 Å². The summed E-state index contributed by atoms with van der Waals surface area (Å²) in [7, 11) is 0. The lowest BCUT2D eigenvalue weighted by Gasteiger charge is -1.97. The Morgan fingerprint density at radius 3 is 2.46 bits per heavy atom. The summed E-state index contributed by atoms with van der Waals surface area (Å²) in [6.45, 7) is 9.63. The molecule has 3 aromatic rings. The van der Waals surface area contributed by atoms with Crippen LogP contribution in [0.4, 0.5) is 4.39 Å². The molecule has 0 fully saturated rings. The molecule has 0 atom stereocenters. The van der Waals surface area contributed by atoms with E-state index in [4.69, 9.17) is 4.98 Å². The van der Waals surface area contributed by atoms with Crippen molar-refractivity contribution in [1.82, 2.24) is 9.97 Å². The zero-order valence-electron chi connectivity index (χ0n) is 15.9. The summed E-state index contributed by atoms with van der Waals surface area (Å²) in [5.41, 5.74) is 3.71. The van der Waals surface area contributed by atoms with Gasteiger partial charge < -0.3 is 4.98 Å². The summed E-state index contributed by atoms with van der Waals surface area (Å²) in [6.07, 6.45) is 3.19. The largest absolute Gasteiger partial charge is 0.341 e. The number of thiophene rings is 1. The van der Waals surface area contributed by atoms with Crippen molar-refractivity contribution in [3.05, 3.63) is 71.0 Å². The smallest absolute Gasteiger partial charge is 0.148 e. The van der Waals surface area contributed by atoms with Gasteiger partial charge in [0.1, 0.15) is 11.7 Å². The van der Waals surface area contributed by atoms with Crippen LogP contribution in [0.25, 0.3) is 27.5 Å². The van der Waals surface area contributed by atoms with Crippen molar-refractivity contribution in [1.29, 1.82) is 0 Å². The molecule has 0 spiro atoms. The second-order valence-electron chi connectivity index (χ2n) is 5.56. The van der Waals surface area contributed by atoms with E-state index in [9.17, 15) is 4.39 Å². The van der Waals surface area contributed by atoms with E-state index in [1.54, 1.807) is 13.0 Å². The number of hydrogen-bond acceptors (Lipinski definition) is 2. The molecule has 0 aliphatic carbocycles. The molecule has 0 radical (unpaired) electrons. The van der Waals surface area contributed by atoms with Crippen LogP contribution >= 0.6 is 11.3 Å². The number of allylic oxidation sites excluding steroid dienone is 4. The summed E-state index contributed by atoms with van der Waals surface area (Å²) in [5, 5.41) is 0. The highest BCUT2D eigenvalue weighted by atomic mass is 32.1. The fourth-order valence-corrected chi connectivity index (χ4v) is 3.46. The molecular weight excluding hydrogens is 343 g/mol. The van der Waals surface area contributed by atoms with Crippen LogP contribution in [0, 0.1) is 6.92 Å². The molecule has 2 aromatic heterocycles. The Bertz CT molecular complexity index is 901. The summed E-state index contributed by atoms with van der Waals surface area (Å²) in [4.78, 5) is 9.99. The first-order valence-corrected chi connectivity index (χ1v) is 9.63. The molecule has 0 unspecified atom stereocenters. The van der Waals surface area contributed by atoms with E-state index in [0.29, 0.717) is 5.57 Å². The predicted molar refractivity (Wildman–Crippen MR) is 112 cm³/mol. The summed E-state index contributed by atoms with van der Waals surface area (Å²) in [6, 6.07) is 14.0. The molecule has 136 valence electrons. The molecular formula is C22H25FN2S. The van der Waals surface area contributed by atoms with Crippen molar-refractivity contribution in [3.8, 4) is 22.0 Å². The van der Waals surface area contributed by atoms with Crippen LogP contribution in [0.3, 0.4) is 0 Å². The van der Waals surface area contributed by atoms with Gasteiger partial charge in [0.05, 0.1) is 10.6 Å². The maximum absolute atomic E-state index is 14.0. The average Bonchev–Trinajstić information content (AvgIpc) is 3.30. The maximum Gasteiger partial charge on any atom is 0.148 e. The Morgan fingerprint density at radius 1 is 1.12 bits per heavy atom. The molecule has 2 heterocycles. The number of aromatic amines is 1. The highest BCUT2D eigenvalue weighted by molar-refractivity contribution is 7.16. The average molecular weight is 369 g/mol. The SMILES string of the molecule is C/C=C\C(F)=C(/C)c1ccc(-c2nc(-c3ccccc3)c(C)[nH]2)s1.CC. The summed E-state index contributed by atoms with van der Waals surface area (Å²) >= 11 is 1.54. The first-order valence-electron chi connectivity index (χ1n) is 8.82. The van der Waals surface area contributed by atoms with E-state index in [2.05, 4.69) is 4.98 Å². The van der Waals surface area contributed by atoms with Crippen molar-refractivity contribution in [2.75, 3.05) is 0 Å². The molecule has 4 heteroatoms. The van der Waals surface area contributed by atoms with Crippen molar-refractivity contribution >= 4 is 16.9 Å². The molecule has 1 aromatic carbocycles. The van der Waals surface area contributed by atoms with Crippen LogP contribution in [0.15, 0.2) is 60.4 Å². The third kappa shape index (κ3) is 4.38. The van der Waals surface area contributed by atoms with Gasteiger partial charge in [0, 0.05) is 21.7 Å². The minimum absolute atomic E-state index is 0.202. The number of nitrogens with zero attached hydrogens (tertiary/aromatic N) is 1. The number of halogens is 1. The molecule has 26 heavy (non-hydrogen) atoms. The van der Waals surface area contributed by atoms with E-state index in [0.717, 1.165) is 32.5 Å². The molecule has 0 saturated carbocycles. The normalized spacial score (nSPS) is 11.9. The standard InChI is InChI=1S/C20H19FN2S.C2H6/c1-4-8-16(21)13(2)17-11-12-18(24-17)20-22-14(3)19(23-20)15-9-6-5-7-10-15;1-2/h4-12H,1-3H3,(H,22,23);1-2H3/b8-4-,16-13-;. The zero-order chi connectivity index (χ0) is 19.1. The molecule has 0 aliphatic heterocycles. The number of nitrogens with one attached hydrogen (secondary N) is 1. The fourth-order valence-electron chi connectivity index (χ4n) is 2.51. The van der Waals surface area contributed by atoms with Gasteiger partial charge in [-0.15, -0.1) is 11.3 Å². The Balaban J connectivity index is 0.00000117. The van der Waals surface area contributed by atoms with Crippen LogP contribution in [-0.2, 0) is 0 Å². The van der Waals surface area contributed by atoms with Crippen LogP contribution in [0.5, 0.6) is 0 Å². The first kappa shape index (κ1) is 19.9.